The van der Waals surface area contributed by atoms with Gasteiger partial charge in [-0.1, -0.05) is 12.1 Å². The van der Waals surface area contributed by atoms with Gasteiger partial charge in [0.15, 0.2) is 0 Å². The lowest BCUT2D eigenvalue weighted by molar-refractivity contribution is 0.183. The molecule has 1 aromatic carbocycles. The fraction of sp³-hybridized carbons (Fsp3) is 0.250. The van der Waals surface area contributed by atoms with E-state index in [9.17, 15) is 0 Å². The molecule has 3 nitrogen and oxygen atoms in total. The molecule has 4 N–H and O–H groups in total. The minimum atomic E-state index is -0.820. The smallest absolute Gasteiger partial charge is 0.115 e. The van der Waals surface area contributed by atoms with E-state index >= 15 is 0 Å². The maximum atomic E-state index is 8.90. The lowest BCUT2D eigenvalue weighted by Gasteiger charge is -2.03. The van der Waals surface area contributed by atoms with E-state index in [0.29, 0.717) is 6.42 Å². The highest BCUT2D eigenvalue weighted by molar-refractivity contribution is 5.26. The zero-order valence-electron chi connectivity index (χ0n) is 6.07. The number of phenolic OH excluding ortho intramolecular Hbond substituents is 1. The van der Waals surface area contributed by atoms with E-state index in [4.69, 9.17) is 15.9 Å². The number of phenols is 1. The summed E-state index contributed by atoms with van der Waals surface area (Å²) in [6.07, 6.45) is -0.403. The predicted octanol–water partition coefficient (Wildman–Crippen LogP) is 0.212. The first-order valence-electron chi connectivity index (χ1n) is 3.40. The zero-order chi connectivity index (χ0) is 8.27. The van der Waals surface area contributed by atoms with Gasteiger partial charge in [0, 0.05) is 6.42 Å². The van der Waals surface area contributed by atoms with Gasteiger partial charge in [0.25, 0.3) is 0 Å². The molecule has 0 saturated heterocycles. The van der Waals surface area contributed by atoms with Crippen molar-refractivity contribution in [2.75, 3.05) is 0 Å². The van der Waals surface area contributed by atoms with Crippen LogP contribution < -0.4 is 5.73 Å². The van der Waals surface area contributed by atoms with Gasteiger partial charge < -0.3 is 15.9 Å². The van der Waals surface area contributed by atoms with Crippen LogP contribution >= 0.6 is 0 Å². The molecule has 60 valence electrons. The maximum absolute atomic E-state index is 8.90. The van der Waals surface area contributed by atoms with Crippen molar-refractivity contribution < 1.29 is 10.2 Å². The molecule has 0 aliphatic heterocycles. The second-order valence-electron chi connectivity index (χ2n) is 2.44. The number of rotatable bonds is 2. The van der Waals surface area contributed by atoms with E-state index in [1.54, 1.807) is 24.3 Å². The average Bonchev–Trinajstić information content (AvgIpc) is 1.93. The number of hydrogen-bond acceptors (Lipinski definition) is 3. The number of hydrogen-bond donors (Lipinski definition) is 3. The third-order valence-electron chi connectivity index (χ3n) is 1.38. The second-order valence-corrected chi connectivity index (χ2v) is 2.44. The van der Waals surface area contributed by atoms with Crippen LogP contribution in [-0.2, 0) is 6.42 Å². The van der Waals surface area contributed by atoms with Crippen molar-refractivity contribution in [1.82, 2.24) is 0 Å². The number of aliphatic hydroxyl groups is 1. The molecule has 0 radical (unpaired) electrons. The number of benzene rings is 1. The molecule has 3 heteroatoms. The largest absolute Gasteiger partial charge is 0.508 e. The Balaban J connectivity index is 2.66. The summed E-state index contributed by atoms with van der Waals surface area (Å²) in [6.45, 7) is 0. The highest BCUT2D eigenvalue weighted by atomic mass is 16.3. The summed E-state index contributed by atoms with van der Waals surface area (Å²) in [6, 6.07) is 6.59. The molecule has 0 aromatic heterocycles. The highest BCUT2D eigenvalue weighted by Gasteiger charge is 1.97. The summed E-state index contributed by atoms with van der Waals surface area (Å²) in [5, 5.41) is 17.7. The molecule has 0 aliphatic rings. The van der Waals surface area contributed by atoms with Crippen LogP contribution in [0.2, 0.25) is 0 Å². The van der Waals surface area contributed by atoms with Crippen molar-refractivity contribution in [3.63, 3.8) is 0 Å². The molecular weight excluding hydrogens is 142 g/mol. The first-order valence-corrected chi connectivity index (χ1v) is 3.40. The van der Waals surface area contributed by atoms with Crippen LogP contribution in [0.1, 0.15) is 5.56 Å². The van der Waals surface area contributed by atoms with Crippen LogP contribution in [0.15, 0.2) is 24.3 Å². The Bertz CT molecular complexity index is 218. The third-order valence-corrected chi connectivity index (χ3v) is 1.38. The molecule has 11 heavy (non-hydrogen) atoms. The summed E-state index contributed by atoms with van der Waals surface area (Å²) < 4.78 is 0. The number of aliphatic hydroxyl groups excluding tert-OH is 1. The molecular formula is C8H11NO2. The fourth-order valence-electron chi connectivity index (χ4n) is 0.874. The van der Waals surface area contributed by atoms with E-state index in [-0.39, 0.29) is 5.75 Å². The molecule has 1 rings (SSSR count). The summed E-state index contributed by atoms with van der Waals surface area (Å²) in [7, 11) is 0. The zero-order valence-corrected chi connectivity index (χ0v) is 6.07. The first kappa shape index (κ1) is 8.04. The molecule has 1 aromatic rings. The number of nitrogens with two attached hydrogens (primary N) is 1. The van der Waals surface area contributed by atoms with Crippen LogP contribution in [0.4, 0.5) is 0 Å². The summed E-state index contributed by atoms with van der Waals surface area (Å²) in [4.78, 5) is 0. The molecule has 0 spiro atoms. The molecule has 0 heterocycles. The summed E-state index contributed by atoms with van der Waals surface area (Å²) >= 11 is 0. The van der Waals surface area contributed by atoms with Crippen LogP contribution in [0.25, 0.3) is 0 Å². The minimum Gasteiger partial charge on any atom is -0.508 e. The molecule has 0 amide bonds. The Morgan fingerprint density at radius 1 is 1.27 bits per heavy atom. The highest BCUT2D eigenvalue weighted by Crippen LogP contribution is 2.10. The van der Waals surface area contributed by atoms with Gasteiger partial charge in [-0.15, -0.1) is 0 Å². The Labute approximate surface area is 65.1 Å². The average molecular weight is 153 g/mol. The van der Waals surface area contributed by atoms with Crippen molar-refractivity contribution in [3.05, 3.63) is 29.8 Å². The Kier molecular flexibility index (Phi) is 2.46. The lowest BCUT2D eigenvalue weighted by atomic mass is 10.1. The number of aromatic hydroxyl groups is 1. The van der Waals surface area contributed by atoms with Gasteiger partial charge in [-0.05, 0) is 17.7 Å². The Hall–Kier alpha value is -1.06. The topological polar surface area (TPSA) is 66.5 Å². The molecule has 0 bridgehead atoms. The summed E-state index contributed by atoms with van der Waals surface area (Å²) in [5.74, 6) is 0.222. The molecule has 0 aliphatic carbocycles. The van der Waals surface area contributed by atoms with Crippen molar-refractivity contribution in [2.45, 2.75) is 12.6 Å². The molecule has 0 saturated carbocycles. The van der Waals surface area contributed by atoms with E-state index in [2.05, 4.69) is 0 Å². The van der Waals surface area contributed by atoms with Gasteiger partial charge in [0.2, 0.25) is 0 Å². The van der Waals surface area contributed by atoms with Gasteiger partial charge >= 0.3 is 0 Å². The third kappa shape index (κ3) is 2.57. The van der Waals surface area contributed by atoms with Crippen LogP contribution in [0, 0.1) is 0 Å². The molecule has 0 fully saturated rings. The normalized spacial score (nSPS) is 12.9. The van der Waals surface area contributed by atoms with E-state index < -0.39 is 6.23 Å². The van der Waals surface area contributed by atoms with Crippen LogP contribution in [0.3, 0.4) is 0 Å². The van der Waals surface area contributed by atoms with E-state index in [0.717, 1.165) is 5.56 Å². The predicted molar refractivity (Wildman–Crippen MR) is 42.0 cm³/mol. The van der Waals surface area contributed by atoms with Gasteiger partial charge in [-0.25, -0.2) is 0 Å². The van der Waals surface area contributed by atoms with Crippen molar-refractivity contribution in [3.8, 4) is 5.75 Å². The van der Waals surface area contributed by atoms with Gasteiger partial charge in [-0.2, -0.15) is 0 Å². The quantitative estimate of drug-likeness (QED) is 0.532. The summed E-state index contributed by atoms with van der Waals surface area (Å²) in [5.41, 5.74) is 6.07. The van der Waals surface area contributed by atoms with Crippen LogP contribution in [0.5, 0.6) is 5.75 Å². The standard InChI is InChI=1S/C8H11NO2/c9-8(11)5-6-1-3-7(10)4-2-6/h1-4,8,10-11H,5,9H2/t8-/m1/s1. The molecule has 1 atom stereocenters. The molecule has 0 unspecified atom stereocenters. The lowest BCUT2D eigenvalue weighted by Crippen LogP contribution is -2.21. The van der Waals surface area contributed by atoms with E-state index in [1.807, 2.05) is 0 Å². The van der Waals surface area contributed by atoms with Crippen molar-refractivity contribution in [1.29, 1.82) is 0 Å². The SMILES string of the molecule is N[C@H](O)Cc1ccc(O)cc1. The van der Waals surface area contributed by atoms with Gasteiger partial charge in [0.1, 0.15) is 12.0 Å². The Morgan fingerprint density at radius 3 is 2.27 bits per heavy atom. The van der Waals surface area contributed by atoms with Crippen LogP contribution in [-0.4, -0.2) is 16.4 Å². The first-order chi connectivity index (χ1) is 5.18. The van der Waals surface area contributed by atoms with Crippen molar-refractivity contribution in [2.24, 2.45) is 5.73 Å². The van der Waals surface area contributed by atoms with Gasteiger partial charge in [0.05, 0.1) is 0 Å². The van der Waals surface area contributed by atoms with Crippen molar-refractivity contribution >= 4 is 0 Å². The second kappa shape index (κ2) is 3.37. The monoisotopic (exact) mass is 153 g/mol. The fourth-order valence-corrected chi connectivity index (χ4v) is 0.874. The van der Waals surface area contributed by atoms with E-state index in [1.165, 1.54) is 0 Å². The maximum Gasteiger partial charge on any atom is 0.115 e. The van der Waals surface area contributed by atoms with Gasteiger partial charge in [-0.3, -0.25) is 0 Å². The minimum absolute atomic E-state index is 0.222. The Morgan fingerprint density at radius 2 is 1.82 bits per heavy atom.